The molecule has 1 saturated heterocycles. The minimum absolute atomic E-state index is 0.0116. The lowest BCUT2D eigenvalue weighted by Gasteiger charge is -2.39. The number of rotatable bonds is 5. The summed E-state index contributed by atoms with van der Waals surface area (Å²) in [7, 11) is 1.41. The number of alkyl halides is 3. The van der Waals surface area contributed by atoms with Crippen LogP contribution in [0.15, 0.2) is 23.2 Å². The van der Waals surface area contributed by atoms with E-state index >= 15 is 0 Å². The van der Waals surface area contributed by atoms with Gasteiger partial charge < -0.3 is 15.1 Å². The minimum atomic E-state index is -4.38. The molecule has 2 aliphatic rings. The Morgan fingerprint density at radius 2 is 2.03 bits per heavy atom. The molecule has 0 aromatic heterocycles. The van der Waals surface area contributed by atoms with Gasteiger partial charge in [0.1, 0.15) is 5.71 Å². The Morgan fingerprint density at radius 1 is 1.28 bits per heavy atom. The molecule has 2 heterocycles. The molecule has 0 saturated carbocycles. The van der Waals surface area contributed by atoms with Crippen molar-refractivity contribution in [1.82, 2.24) is 10.2 Å². The molecule has 1 aromatic rings. The average molecular weight is 410 g/mol. The summed E-state index contributed by atoms with van der Waals surface area (Å²) in [4.78, 5) is 41.9. The number of benzene rings is 1. The first kappa shape index (κ1) is 20.8. The van der Waals surface area contributed by atoms with Crippen LogP contribution in [0.25, 0.3) is 0 Å². The van der Waals surface area contributed by atoms with E-state index in [1.165, 1.54) is 19.2 Å². The Balaban J connectivity index is 1.63. The lowest BCUT2D eigenvalue weighted by molar-refractivity contribution is -0.137. The van der Waals surface area contributed by atoms with Crippen LogP contribution in [0, 0.1) is 0 Å². The summed E-state index contributed by atoms with van der Waals surface area (Å²) in [6.07, 6.45) is -3.61. The summed E-state index contributed by atoms with van der Waals surface area (Å²) in [5.41, 5.74) is 0.747. The largest absolute Gasteiger partial charge is 0.416 e. The normalized spacial score (nSPS) is 18.9. The molecule has 7 nitrogen and oxygen atoms in total. The van der Waals surface area contributed by atoms with E-state index in [2.05, 4.69) is 10.3 Å². The highest BCUT2D eigenvalue weighted by molar-refractivity contribution is 6.40. The number of nitrogens with zero attached hydrogens (tertiary/aromatic N) is 3. The van der Waals surface area contributed by atoms with Crippen LogP contribution in [-0.4, -0.2) is 61.6 Å². The van der Waals surface area contributed by atoms with Gasteiger partial charge in [0.2, 0.25) is 12.3 Å². The van der Waals surface area contributed by atoms with Crippen LogP contribution in [0.2, 0.25) is 0 Å². The molecule has 3 amide bonds. The molecule has 1 atom stereocenters. The van der Waals surface area contributed by atoms with Crippen LogP contribution >= 0.6 is 0 Å². The van der Waals surface area contributed by atoms with Crippen LogP contribution in [0.3, 0.4) is 0 Å². The molecule has 10 heteroatoms. The van der Waals surface area contributed by atoms with Crippen LogP contribution in [-0.2, 0) is 27.0 Å². The van der Waals surface area contributed by atoms with E-state index in [1.807, 2.05) is 4.90 Å². The first-order valence-electron chi connectivity index (χ1n) is 9.21. The van der Waals surface area contributed by atoms with Gasteiger partial charge in [-0.2, -0.15) is 13.2 Å². The molecule has 0 aliphatic carbocycles. The van der Waals surface area contributed by atoms with E-state index in [-0.39, 0.29) is 36.9 Å². The Bertz CT molecular complexity index is 854. The number of anilines is 1. The van der Waals surface area contributed by atoms with E-state index in [9.17, 15) is 27.6 Å². The zero-order valence-electron chi connectivity index (χ0n) is 15.8. The van der Waals surface area contributed by atoms with Gasteiger partial charge in [-0.25, -0.2) is 4.99 Å². The molecule has 1 fully saturated rings. The lowest BCUT2D eigenvalue weighted by Crippen LogP contribution is -2.53. The molecule has 1 unspecified atom stereocenters. The summed E-state index contributed by atoms with van der Waals surface area (Å²) in [6, 6.07) is 3.70. The Labute approximate surface area is 165 Å². The smallest absolute Gasteiger partial charge is 0.364 e. The van der Waals surface area contributed by atoms with Gasteiger partial charge in [0, 0.05) is 45.2 Å². The Hall–Kier alpha value is -2.91. The highest BCUT2D eigenvalue weighted by Gasteiger charge is 2.38. The van der Waals surface area contributed by atoms with E-state index in [0.717, 1.165) is 11.8 Å². The number of piperazine rings is 1. The van der Waals surface area contributed by atoms with E-state index in [0.29, 0.717) is 31.6 Å². The van der Waals surface area contributed by atoms with Gasteiger partial charge in [-0.3, -0.25) is 14.4 Å². The van der Waals surface area contributed by atoms with E-state index < -0.39 is 17.6 Å². The fourth-order valence-electron chi connectivity index (χ4n) is 3.86. The summed E-state index contributed by atoms with van der Waals surface area (Å²) >= 11 is 0. The number of carbonyl (C=O) groups excluding carboxylic acids is 3. The fraction of sp³-hybridized carbons (Fsp3) is 0.474. The van der Waals surface area contributed by atoms with Crippen molar-refractivity contribution in [1.29, 1.82) is 0 Å². The molecule has 1 N–H and O–H groups in total. The summed E-state index contributed by atoms with van der Waals surface area (Å²) in [6.45, 7) is 1.37. The third-order valence-corrected chi connectivity index (χ3v) is 5.28. The Morgan fingerprint density at radius 3 is 2.69 bits per heavy atom. The quantitative estimate of drug-likeness (QED) is 0.588. The second kappa shape index (κ2) is 8.22. The molecule has 2 aliphatic heterocycles. The number of nitrogens with one attached hydrogen (secondary N) is 1. The van der Waals surface area contributed by atoms with Crippen molar-refractivity contribution in [3.05, 3.63) is 29.3 Å². The molecular formula is C19H21F3N4O3. The number of hydrogen-bond donors (Lipinski definition) is 1. The third-order valence-electron chi connectivity index (χ3n) is 5.28. The van der Waals surface area contributed by atoms with Crippen LogP contribution in [0.5, 0.6) is 0 Å². The van der Waals surface area contributed by atoms with Crippen molar-refractivity contribution < 1.29 is 27.6 Å². The van der Waals surface area contributed by atoms with Gasteiger partial charge >= 0.3 is 6.18 Å². The molecule has 156 valence electrons. The highest BCUT2D eigenvalue weighted by atomic mass is 19.4. The summed E-state index contributed by atoms with van der Waals surface area (Å²) in [5, 5.41) is 2.37. The molecule has 1 aromatic carbocycles. The molecule has 29 heavy (non-hydrogen) atoms. The second-order valence-corrected chi connectivity index (χ2v) is 6.99. The predicted molar refractivity (Wildman–Crippen MR) is 99.7 cm³/mol. The molecule has 0 radical (unpaired) electrons. The average Bonchev–Trinajstić information content (AvgIpc) is 3.06. The maximum absolute atomic E-state index is 13.0. The van der Waals surface area contributed by atoms with Crippen molar-refractivity contribution in [2.75, 3.05) is 31.6 Å². The minimum Gasteiger partial charge on any atom is -0.364 e. The zero-order valence-corrected chi connectivity index (χ0v) is 15.8. The van der Waals surface area contributed by atoms with Gasteiger partial charge in [0.05, 0.1) is 11.6 Å². The number of halogens is 3. The van der Waals surface area contributed by atoms with Crippen molar-refractivity contribution in [2.45, 2.75) is 31.5 Å². The number of amides is 3. The number of hydrogen-bond acceptors (Lipinski definition) is 4. The van der Waals surface area contributed by atoms with Gasteiger partial charge in [0.15, 0.2) is 0 Å². The van der Waals surface area contributed by atoms with E-state index in [1.54, 1.807) is 4.90 Å². The topological polar surface area (TPSA) is 82.1 Å². The van der Waals surface area contributed by atoms with Crippen LogP contribution in [0.4, 0.5) is 18.9 Å². The predicted octanol–water partition coefficient (Wildman–Crippen LogP) is 1.40. The van der Waals surface area contributed by atoms with Gasteiger partial charge in [-0.05, 0) is 30.2 Å². The second-order valence-electron chi connectivity index (χ2n) is 6.99. The number of aliphatic imine (C=N–C) groups is 1. The van der Waals surface area contributed by atoms with Crippen molar-refractivity contribution in [2.24, 2.45) is 4.99 Å². The van der Waals surface area contributed by atoms with Crippen molar-refractivity contribution >= 4 is 29.6 Å². The third kappa shape index (κ3) is 4.41. The standard InChI is InChI=1S/C19H21F3N4O3/c1-23-18(29)15(24-11-27)3-5-17(28)25-6-7-26-14(10-25)9-12-8-13(19(20,21)22)2-4-16(12)26/h2,4,8,11,14H,3,5-7,9-10H2,1H3,(H,23,29)/b24-15-. The van der Waals surface area contributed by atoms with Gasteiger partial charge in [-0.1, -0.05) is 0 Å². The van der Waals surface area contributed by atoms with Gasteiger partial charge in [0.25, 0.3) is 5.91 Å². The number of carbonyl (C=O) groups is 3. The summed E-state index contributed by atoms with van der Waals surface area (Å²) < 4.78 is 38.9. The SMILES string of the molecule is CNC(=O)/C(CCC(=O)N1CCN2c3ccc(C(F)(F)F)cc3CC2C1)=N\C=O. The molecular weight excluding hydrogens is 389 g/mol. The zero-order chi connectivity index (χ0) is 21.2. The molecule has 0 spiro atoms. The summed E-state index contributed by atoms with van der Waals surface area (Å²) in [5.74, 6) is -0.694. The first-order chi connectivity index (χ1) is 13.7. The van der Waals surface area contributed by atoms with Crippen molar-refractivity contribution in [3.8, 4) is 0 Å². The maximum atomic E-state index is 13.0. The molecule has 0 bridgehead atoms. The van der Waals surface area contributed by atoms with E-state index in [4.69, 9.17) is 0 Å². The molecule has 3 rings (SSSR count). The Kier molecular flexibility index (Phi) is 5.90. The van der Waals surface area contributed by atoms with Crippen LogP contribution in [0.1, 0.15) is 24.0 Å². The monoisotopic (exact) mass is 410 g/mol. The van der Waals surface area contributed by atoms with Crippen molar-refractivity contribution in [3.63, 3.8) is 0 Å². The first-order valence-corrected chi connectivity index (χ1v) is 9.21. The highest BCUT2D eigenvalue weighted by Crippen LogP contribution is 2.38. The van der Waals surface area contributed by atoms with Crippen LogP contribution < -0.4 is 10.2 Å². The maximum Gasteiger partial charge on any atom is 0.416 e. The fourth-order valence-corrected chi connectivity index (χ4v) is 3.86. The number of fused-ring (bicyclic) bond motifs is 3. The lowest BCUT2D eigenvalue weighted by atomic mass is 10.1. The van der Waals surface area contributed by atoms with Gasteiger partial charge in [-0.15, -0.1) is 0 Å².